The van der Waals surface area contributed by atoms with Gasteiger partial charge in [0.2, 0.25) is 0 Å². The average Bonchev–Trinajstić information content (AvgIpc) is 2.00. The Kier molecular flexibility index (Phi) is 4.57. The maximum Gasteiger partial charge on any atom is 0.331 e. The number of rotatable bonds is 5. The molecule has 1 atom stereocenters. The zero-order chi connectivity index (χ0) is 12.5. The maximum atomic E-state index is 11.3. The van der Waals surface area contributed by atoms with Crippen molar-refractivity contribution in [1.82, 2.24) is 0 Å². The molecule has 0 aromatic carbocycles. The first-order chi connectivity index (χ1) is 6.46. The Balaban J connectivity index is 4.93. The van der Waals surface area contributed by atoms with E-state index < -0.39 is 18.3 Å². The minimum Gasteiger partial charge on any atom is -0.325 e. The first kappa shape index (κ1) is 15.1. The minimum atomic E-state index is -4.10. The van der Waals surface area contributed by atoms with Gasteiger partial charge in [-0.3, -0.25) is 4.57 Å². The predicted octanol–water partition coefficient (Wildman–Crippen LogP) is 2.10. The largest absolute Gasteiger partial charge is 0.331 e. The highest BCUT2D eigenvalue weighted by Crippen LogP contribution is 2.54. The molecule has 0 aromatic heterocycles. The van der Waals surface area contributed by atoms with Gasteiger partial charge in [-0.25, -0.2) is 0 Å². The van der Waals surface area contributed by atoms with Gasteiger partial charge in [-0.1, -0.05) is 20.8 Å². The predicted molar refractivity (Wildman–Crippen MR) is 62.8 cm³/mol. The summed E-state index contributed by atoms with van der Waals surface area (Å²) < 4.78 is 11.3. The fourth-order valence-electron chi connectivity index (χ4n) is 1.65. The first-order valence-electron chi connectivity index (χ1n) is 5.31. The van der Waals surface area contributed by atoms with Crippen LogP contribution in [-0.2, 0) is 4.57 Å². The van der Waals surface area contributed by atoms with E-state index in [1.165, 1.54) is 0 Å². The molecule has 0 radical (unpaired) electrons. The molecule has 92 valence electrons. The first-order valence-corrected chi connectivity index (χ1v) is 6.92. The number of hydrogen-bond acceptors (Lipinski definition) is 2. The monoisotopic (exact) mass is 237 g/mol. The maximum absolute atomic E-state index is 11.3. The van der Waals surface area contributed by atoms with Crippen LogP contribution in [0.4, 0.5) is 0 Å². The molecule has 0 amide bonds. The Labute approximate surface area is 92.4 Å². The van der Waals surface area contributed by atoms with E-state index in [-0.39, 0.29) is 5.92 Å². The molecule has 0 aliphatic rings. The fourth-order valence-corrected chi connectivity index (χ4v) is 2.15. The third-order valence-corrected chi connectivity index (χ3v) is 5.09. The summed E-state index contributed by atoms with van der Waals surface area (Å²) in [5.41, 5.74) is 5.67. The zero-order valence-electron chi connectivity index (χ0n) is 10.3. The molecule has 0 saturated carbocycles. The van der Waals surface area contributed by atoms with Crippen LogP contribution in [0.2, 0.25) is 0 Å². The molecule has 0 aliphatic heterocycles. The lowest BCUT2D eigenvalue weighted by molar-refractivity contribution is 0.232. The van der Waals surface area contributed by atoms with E-state index in [9.17, 15) is 14.4 Å². The molecule has 0 heterocycles. The Morgan fingerprint density at radius 1 is 1.33 bits per heavy atom. The van der Waals surface area contributed by atoms with Crippen molar-refractivity contribution in [3.05, 3.63) is 0 Å². The van der Waals surface area contributed by atoms with Gasteiger partial charge in [0, 0.05) is 5.54 Å². The van der Waals surface area contributed by atoms with E-state index in [4.69, 9.17) is 5.73 Å². The van der Waals surface area contributed by atoms with Gasteiger partial charge in [0.15, 0.2) is 0 Å². The van der Waals surface area contributed by atoms with Crippen molar-refractivity contribution in [3.63, 3.8) is 0 Å². The lowest BCUT2D eigenvalue weighted by Gasteiger charge is -2.39. The third kappa shape index (κ3) is 3.56. The van der Waals surface area contributed by atoms with E-state index in [0.717, 1.165) is 0 Å². The Morgan fingerprint density at radius 2 is 1.73 bits per heavy atom. The highest BCUT2D eigenvalue weighted by molar-refractivity contribution is 7.53. The SMILES string of the molecule is CCC(N)(CC(C)(C)P(=O)(O)O)C(C)C. The average molecular weight is 237 g/mol. The van der Waals surface area contributed by atoms with Crippen molar-refractivity contribution in [1.29, 1.82) is 0 Å². The zero-order valence-corrected chi connectivity index (χ0v) is 11.2. The van der Waals surface area contributed by atoms with Crippen LogP contribution in [0.25, 0.3) is 0 Å². The summed E-state index contributed by atoms with van der Waals surface area (Å²) in [4.78, 5) is 18.5. The van der Waals surface area contributed by atoms with Crippen molar-refractivity contribution in [3.8, 4) is 0 Å². The Bertz CT molecular complexity index is 259. The van der Waals surface area contributed by atoms with Crippen LogP contribution >= 0.6 is 7.60 Å². The number of nitrogens with two attached hydrogens (primary N) is 1. The Hall–Kier alpha value is 0.110. The molecule has 15 heavy (non-hydrogen) atoms. The summed E-state index contributed by atoms with van der Waals surface area (Å²) >= 11 is 0. The van der Waals surface area contributed by atoms with Gasteiger partial charge in [-0.05, 0) is 32.6 Å². The highest BCUT2D eigenvalue weighted by Gasteiger charge is 2.44. The summed E-state index contributed by atoms with van der Waals surface area (Å²) in [5.74, 6) is 0.202. The van der Waals surface area contributed by atoms with Gasteiger partial charge in [-0.2, -0.15) is 0 Å². The van der Waals surface area contributed by atoms with Gasteiger partial charge >= 0.3 is 7.60 Å². The van der Waals surface area contributed by atoms with Crippen molar-refractivity contribution in [2.24, 2.45) is 11.7 Å². The minimum absolute atomic E-state index is 0.202. The lowest BCUT2D eigenvalue weighted by atomic mass is 9.78. The van der Waals surface area contributed by atoms with Crippen LogP contribution < -0.4 is 5.73 Å². The molecule has 1 unspecified atom stereocenters. The second-order valence-corrected chi connectivity index (χ2v) is 7.57. The van der Waals surface area contributed by atoms with Gasteiger partial charge in [-0.15, -0.1) is 0 Å². The molecule has 0 bridgehead atoms. The topological polar surface area (TPSA) is 83.6 Å². The summed E-state index contributed by atoms with van der Waals surface area (Å²) in [6, 6.07) is 0. The Morgan fingerprint density at radius 3 is 1.93 bits per heavy atom. The third-order valence-electron chi connectivity index (χ3n) is 3.36. The molecule has 0 fully saturated rings. The van der Waals surface area contributed by atoms with Crippen LogP contribution in [-0.4, -0.2) is 20.5 Å². The summed E-state index contributed by atoms with van der Waals surface area (Å²) in [6.07, 6.45) is 1.05. The van der Waals surface area contributed by atoms with E-state index in [2.05, 4.69) is 0 Å². The summed E-state index contributed by atoms with van der Waals surface area (Å²) in [5, 5.41) is -1.05. The quantitative estimate of drug-likeness (QED) is 0.639. The van der Waals surface area contributed by atoms with E-state index in [1.54, 1.807) is 13.8 Å². The van der Waals surface area contributed by atoms with Crippen LogP contribution in [0.15, 0.2) is 0 Å². The molecule has 4 nitrogen and oxygen atoms in total. The second kappa shape index (κ2) is 4.54. The van der Waals surface area contributed by atoms with Crippen LogP contribution in [0.1, 0.15) is 47.5 Å². The summed E-state index contributed by atoms with van der Waals surface area (Å²) in [7, 11) is -4.10. The molecular formula is C10H24NO3P. The molecule has 0 aliphatic carbocycles. The van der Waals surface area contributed by atoms with Crippen LogP contribution in [0.3, 0.4) is 0 Å². The summed E-state index contributed by atoms with van der Waals surface area (Å²) in [6.45, 7) is 9.08. The standard InChI is InChI=1S/C10H24NO3P/c1-6-10(11,8(2)3)7-9(4,5)15(12,13)14/h8H,6-7,11H2,1-5H3,(H2,12,13,14). The second-order valence-electron chi connectivity index (χ2n) is 5.27. The van der Waals surface area contributed by atoms with Crippen LogP contribution in [0.5, 0.6) is 0 Å². The fraction of sp³-hybridized carbons (Fsp3) is 1.00. The normalized spacial score (nSPS) is 17.9. The molecule has 0 spiro atoms. The van der Waals surface area contributed by atoms with Crippen molar-refractivity contribution >= 4 is 7.60 Å². The van der Waals surface area contributed by atoms with Crippen LogP contribution in [0, 0.1) is 5.92 Å². The van der Waals surface area contributed by atoms with Gasteiger partial charge in [0.1, 0.15) is 0 Å². The molecule has 0 rings (SSSR count). The van der Waals surface area contributed by atoms with Crippen molar-refractivity contribution in [2.75, 3.05) is 0 Å². The number of hydrogen-bond donors (Lipinski definition) is 3. The van der Waals surface area contributed by atoms with Crippen molar-refractivity contribution in [2.45, 2.75) is 58.2 Å². The highest BCUT2D eigenvalue weighted by atomic mass is 31.2. The lowest BCUT2D eigenvalue weighted by Crippen LogP contribution is -2.49. The van der Waals surface area contributed by atoms with E-state index in [0.29, 0.717) is 12.8 Å². The van der Waals surface area contributed by atoms with Gasteiger partial charge < -0.3 is 15.5 Å². The van der Waals surface area contributed by atoms with E-state index >= 15 is 0 Å². The van der Waals surface area contributed by atoms with Crippen molar-refractivity contribution < 1.29 is 14.4 Å². The smallest absolute Gasteiger partial charge is 0.325 e. The molecule has 0 aromatic rings. The van der Waals surface area contributed by atoms with Gasteiger partial charge in [0.25, 0.3) is 0 Å². The molecular weight excluding hydrogens is 213 g/mol. The van der Waals surface area contributed by atoms with Gasteiger partial charge in [0.05, 0.1) is 5.16 Å². The molecule has 4 N–H and O–H groups in total. The molecule has 0 saturated heterocycles. The van der Waals surface area contributed by atoms with E-state index in [1.807, 2.05) is 20.8 Å². The molecule has 5 heteroatoms.